The molecule has 2 aromatic carbocycles. The molecule has 0 saturated carbocycles. The van der Waals surface area contributed by atoms with Crippen LogP contribution in [0.4, 0.5) is 5.69 Å². The zero-order chi connectivity index (χ0) is 23.4. The van der Waals surface area contributed by atoms with Gasteiger partial charge in [-0.15, -0.1) is 5.10 Å². The molecule has 11 heteroatoms. The molecule has 0 unspecified atom stereocenters. The lowest BCUT2D eigenvalue weighted by atomic mass is 10.2. The Morgan fingerprint density at radius 1 is 1.03 bits per heavy atom. The number of carbonyl (C=O) groups excluding carboxylic acids is 1. The average Bonchev–Trinajstić information content (AvgIpc) is 3.25. The molecule has 3 aromatic rings. The van der Waals surface area contributed by atoms with Crippen LogP contribution in [0, 0.1) is 0 Å². The van der Waals surface area contributed by atoms with Gasteiger partial charge in [0.15, 0.2) is 0 Å². The summed E-state index contributed by atoms with van der Waals surface area (Å²) in [6.07, 6.45) is 2.97. The molecule has 176 valence electrons. The lowest BCUT2D eigenvalue weighted by molar-refractivity contribution is -0.116. The van der Waals surface area contributed by atoms with Crippen LogP contribution < -0.4 is 14.8 Å². The minimum absolute atomic E-state index is 0.159. The molecular weight excluding hydrogens is 446 g/mol. The van der Waals surface area contributed by atoms with E-state index >= 15 is 0 Å². The van der Waals surface area contributed by atoms with E-state index in [0.717, 1.165) is 19.3 Å². The van der Waals surface area contributed by atoms with E-state index in [1.54, 1.807) is 55.3 Å². The SMILES string of the molecule is COc1cc(NC(=O)CCn2nnc3cc(S(=O)(=O)N4CCCCC4)ccc32)cc(OC)c1. The standard InChI is InChI=1S/C22H27N5O5S/c1-31-17-12-16(13-18(14-17)32-2)23-22(28)8-11-27-21-7-6-19(15-20(21)24-25-27)33(29,30)26-9-4-3-5-10-26/h6-7,12-15H,3-5,8-11H2,1-2H3,(H,23,28). The summed E-state index contributed by atoms with van der Waals surface area (Å²) in [7, 11) is -0.462. The van der Waals surface area contributed by atoms with Gasteiger partial charge in [0.25, 0.3) is 0 Å². The summed E-state index contributed by atoms with van der Waals surface area (Å²) in [5, 5.41) is 11.0. The van der Waals surface area contributed by atoms with Crippen molar-refractivity contribution >= 4 is 32.7 Å². The maximum atomic E-state index is 12.9. The van der Waals surface area contributed by atoms with Gasteiger partial charge in [0.05, 0.1) is 31.2 Å². The fourth-order valence-electron chi connectivity index (χ4n) is 3.84. The molecule has 1 N–H and O–H groups in total. The third-order valence-electron chi connectivity index (χ3n) is 5.62. The summed E-state index contributed by atoms with van der Waals surface area (Å²) >= 11 is 0. The summed E-state index contributed by atoms with van der Waals surface area (Å²) in [5.74, 6) is 0.933. The van der Waals surface area contributed by atoms with Gasteiger partial charge in [-0.1, -0.05) is 11.6 Å². The molecule has 0 spiro atoms. The number of benzene rings is 2. The highest BCUT2D eigenvalue weighted by Crippen LogP contribution is 2.26. The van der Waals surface area contributed by atoms with Crippen molar-refractivity contribution < 1.29 is 22.7 Å². The van der Waals surface area contributed by atoms with E-state index in [9.17, 15) is 13.2 Å². The van der Waals surface area contributed by atoms with Gasteiger partial charge in [-0.05, 0) is 31.0 Å². The number of nitrogens with one attached hydrogen (secondary N) is 1. The van der Waals surface area contributed by atoms with Crippen molar-refractivity contribution in [2.24, 2.45) is 0 Å². The first-order chi connectivity index (χ1) is 15.9. The quantitative estimate of drug-likeness (QED) is 0.535. The second kappa shape index (κ2) is 9.75. The van der Waals surface area contributed by atoms with Gasteiger partial charge in [0.1, 0.15) is 17.0 Å². The van der Waals surface area contributed by atoms with Crippen LogP contribution in [-0.4, -0.2) is 60.9 Å². The largest absolute Gasteiger partial charge is 0.497 e. The number of amides is 1. The lowest BCUT2D eigenvalue weighted by Crippen LogP contribution is -2.35. The van der Waals surface area contributed by atoms with Gasteiger partial charge < -0.3 is 14.8 Å². The van der Waals surface area contributed by atoms with Crippen LogP contribution in [0.25, 0.3) is 11.0 Å². The smallest absolute Gasteiger partial charge is 0.243 e. The number of hydrogen-bond donors (Lipinski definition) is 1. The topological polar surface area (TPSA) is 116 Å². The van der Waals surface area contributed by atoms with E-state index in [0.29, 0.717) is 47.9 Å². The number of sulfonamides is 1. The van der Waals surface area contributed by atoms with Crippen molar-refractivity contribution in [3.63, 3.8) is 0 Å². The molecule has 1 saturated heterocycles. The highest BCUT2D eigenvalue weighted by atomic mass is 32.2. The van der Waals surface area contributed by atoms with Gasteiger partial charge >= 0.3 is 0 Å². The molecule has 1 aliphatic rings. The van der Waals surface area contributed by atoms with Gasteiger partial charge in [-0.25, -0.2) is 13.1 Å². The average molecular weight is 474 g/mol. The van der Waals surface area contributed by atoms with E-state index in [-0.39, 0.29) is 17.2 Å². The van der Waals surface area contributed by atoms with Crippen molar-refractivity contribution in [3.8, 4) is 11.5 Å². The molecule has 1 fully saturated rings. The van der Waals surface area contributed by atoms with Crippen molar-refractivity contribution in [1.82, 2.24) is 19.3 Å². The van der Waals surface area contributed by atoms with Crippen LogP contribution in [0.5, 0.6) is 11.5 Å². The molecule has 10 nitrogen and oxygen atoms in total. The first kappa shape index (κ1) is 23.0. The Hall–Kier alpha value is -3.18. The van der Waals surface area contributed by atoms with Crippen LogP contribution in [0.2, 0.25) is 0 Å². The summed E-state index contributed by atoms with van der Waals surface area (Å²) in [5.41, 5.74) is 1.71. The van der Waals surface area contributed by atoms with Crippen LogP contribution in [0.15, 0.2) is 41.3 Å². The lowest BCUT2D eigenvalue weighted by Gasteiger charge is -2.25. The number of aromatic nitrogens is 3. The number of nitrogens with zero attached hydrogens (tertiary/aromatic N) is 4. The first-order valence-electron chi connectivity index (χ1n) is 10.8. The third kappa shape index (κ3) is 5.09. The molecule has 33 heavy (non-hydrogen) atoms. The van der Waals surface area contributed by atoms with Crippen LogP contribution in [0.1, 0.15) is 25.7 Å². The summed E-state index contributed by atoms with van der Waals surface area (Å²) in [4.78, 5) is 12.7. The molecule has 4 rings (SSSR count). The van der Waals surface area contributed by atoms with Crippen LogP contribution in [-0.2, 0) is 21.4 Å². The fourth-order valence-corrected chi connectivity index (χ4v) is 5.38. The molecule has 1 aromatic heterocycles. The second-order valence-corrected chi connectivity index (χ2v) is 9.77. The maximum Gasteiger partial charge on any atom is 0.243 e. The molecule has 0 bridgehead atoms. The Labute approximate surface area is 192 Å². The Bertz CT molecular complexity index is 1230. The minimum Gasteiger partial charge on any atom is -0.497 e. The number of rotatable bonds is 8. The molecule has 0 atom stereocenters. The van der Waals surface area contributed by atoms with E-state index in [2.05, 4.69) is 15.6 Å². The number of anilines is 1. The number of aryl methyl sites for hydroxylation is 1. The van der Waals surface area contributed by atoms with Crippen molar-refractivity contribution in [2.45, 2.75) is 37.1 Å². The minimum atomic E-state index is -3.54. The summed E-state index contributed by atoms with van der Waals surface area (Å²) < 4.78 is 39.4. The fraction of sp³-hybridized carbons (Fsp3) is 0.409. The number of fused-ring (bicyclic) bond motifs is 1. The second-order valence-electron chi connectivity index (χ2n) is 7.83. The Balaban J connectivity index is 1.44. The number of methoxy groups -OCH3 is 2. The highest BCUT2D eigenvalue weighted by molar-refractivity contribution is 7.89. The van der Waals surface area contributed by atoms with Crippen LogP contribution >= 0.6 is 0 Å². The normalized spacial score (nSPS) is 14.8. The Morgan fingerprint density at radius 3 is 2.39 bits per heavy atom. The van der Waals surface area contributed by atoms with Gasteiger partial charge in [-0.2, -0.15) is 4.31 Å². The van der Waals surface area contributed by atoms with Crippen molar-refractivity contribution in [2.75, 3.05) is 32.6 Å². The van der Waals surface area contributed by atoms with E-state index in [4.69, 9.17) is 9.47 Å². The van der Waals surface area contributed by atoms with E-state index in [1.807, 2.05) is 0 Å². The molecular formula is C22H27N5O5S. The van der Waals surface area contributed by atoms with Crippen LogP contribution in [0.3, 0.4) is 0 Å². The maximum absolute atomic E-state index is 12.9. The van der Waals surface area contributed by atoms with E-state index in [1.165, 1.54) is 4.31 Å². The van der Waals surface area contributed by atoms with Gasteiger partial charge in [0.2, 0.25) is 15.9 Å². The number of ether oxygens (including phenoxy) is 2. The van der Waals surface area contributed by atoms with Crippen molar-refractivity contribution in [1.29, 1.82) is 0 Å². The van der Waals surface area contributed by atoms with Crippen molar-refractivity contribution in [3.05, 3.63) is 36.4 Å². The Kier molecular flexibility index (Phi) is 6.80. The highest BCUT2D eigenvalue weighted by Gasteiger charge is 2.26. The van der Waals surface area contributed by atoms with Gasteiger partial charge in [0, 0.05) is 43.4 Å². The van der Waals surface area contributed by atoms with Gasteiger partial charge in [-0.3, -0.25) is 4.79 Å². The molecule has 2 heterocycles. The molecule has 1 amide bonds. The predicted octanol–water partition coefficient (Wildman–Crippen LogP) is 2.65. The predicted molar refractivity (Wildman–Crippen MR) is 123 cm³/mol. The third-order valence-corrected chi connectivity index (χ3v) is 7.52. The zero-order valence-corrected chi connectivity index (χ0v) is 19.5. The number of hydrogen-bond acceptors (Lipinski definition) is 7. The first-order valence-corrected chi connectivity index (χ1v) is 12.2. The summed E-state index contributed by atoms with van der Waals surface area (Å²) in [6.45, 7) is 1.38. The zero-order valence-electron chi connectivity index (χ0n) is 18.7. The summed E-state index contributed by atoms with van der Waals surface area (Å²) in [6, 6.07) is 9.94. The molecule has 1 aliphatic heterocycles. The Morgan fingerprint density at radius 2 is 1.73 bits per heavy atom. The monoisotopic (exact) mass is 473 g/mol. The number of carbonyl (C=O) groups is 1. The van der Waals surface area contributed by atoms with E-state index < -0.39 is 10.0 Å². The number of piperidine rings is 1. The molecule has 0 aliphatic carbocycles. The molecule has 0 radical (unpaired) electrons.